The Morgan fingerprint density at radius 2 is 1.33 bits per heavy atom. The van der Waals surface area contributed by atoms with Crippen molar-refractivity contribution in [1.82, 2.24) is 0 Å². The van der Waals surface area contributed by atoms with Crippen LogP contribution in [-0.4, -0.2) is 24.2 Å². The van der Waals surface area contributed by atoms with Gasteiger partial charge in [-0.15, -0.1) is 0 Å². The van der Waals surface area contributed by atoms with Gasteiger partial charge in [-0.05, 0) is 69.9 Å². The van der Waals surface area contributed by atoms with Crippen LogP contribution in [0, 0.1) is 17.3 Å². The van der Waals surface area contributed by atoms with Gasteiger partial charge >= 0.3 is 0 Å². The fourth-order valence-corrected chi connectivity index (χ4v) is 6.55. The molecule has 3 unspecified atom stereocenters. The standard InChI is InChI=1S/C20H40N4/c21-14-16-13-18(15-22,20(24)10-5-2-6-11-20)12-7-17(16)19(23)8-3-1-4-9-19/h16-17H,1-15,21-24H2. The summed E-state index contributed by atoms with van der Waals surface area (Å²) in [6.07, 6.45) is 15.8. The van der Waals surface area contributed by atoms with Crippen LogP contribution in [0.3, 0.4) is 0 Å². The minimum atomic E-state index is -0.0767. The predicted molar refractivity (Wildman–Crippen MR) is 101 cm³/mol. The molecule has 3 atom stereocenters. The molecule has 3 rings (SSSR count). The molecule has 0 bridgehead atoms. The third-order valence-corrected chi connectivity index (χ3v) is 8.17. The van der Waals surface area contributed by atoms with E-state index in [0.717, 1.165) is 32.2 Å². The van der Waals surface area contributed by atoms with Crippen LogP contribution in [0.25, 0.3) is 0 Å². The van der Waals surface area contributed by atoms with E-state index in [0.29, 0.717) is 18.4 Å². The molecule has 8 N–H and O–H groups in total. The van der Waals surface area contributed by atoms with E-state index in [1.54, 1.807) is 0 Å². The molecular weight excluding hydrogens is 296 g/mol. The van der Waals surface area contributed by atoms with Crippen molar-refractivity contribution in [2.24, 2.45) is 40.2 Å². The molecule has 0 radical (unpaired) electrons. The molecule has 0 spiro atoms. The molecule has 0 heterocycles. The number of hydrogen-bond acceptors (Lipinski definition) is 4. The van der Waals surface area contributed by atoms with Gasteiger partial charge in [0.25, 0.3) is 0 Å². The summed E-state index contributed by atoms with van der Waals surface area (Å²) in [5, 5.41) is 0. The molecule has 3 aliphatic rings. The van der Waals surface area contributed by atoms with Crippen LogP contribution >= 0.6 is 0 Å². The average Bonchev–Trinajstić information content (AvgIpc) is 2.62. The van der Waals surface area contributed by atoms with Gasteiger partial charge in [0.2, 0.25) is 0 Å². The predicted octanol–water partition coefficient (Wildman–Crippen LogP) is 2.63. The summed E-state index contributed by atoms with van der Waals surface area (Å²) in [6.45, 7) is 1.45. The normalized spacial score (nSPS) is 39.5. The Labute approximate surface area is 148 Å². The van der Waals surface area contributed by atoms with E-state index >= 15 is 0 Å². The first kappa shape index (κ1) is 18.6. The van der Waals surface area contributed by atoms with Crippen molar-refractivity contribution in [3.05, 3.63) is 0 Å². The Hall–Kier alpha value is -0.160. The van der Waals surface area contributed by atoms with Gasteiger partial charge in [-0.3, -0.25) is 0 Å². The molecule has 3 aliphatic carbocycles. The monoisotopic (exact) mass is 336 g/mol. The highest BCUT2D eigenvalue weighted by Crippen LogP contribution is 2.54. The SMILES string of the molecule is NCC1CC(CN)(C2(N)CCCCC2)CCC1C1(N)CCCCC1. The van der Waals surface area contributed by atoms with Crippen LogP contribution in [0.5, 0.6) is 0 Å². The lowest BCUT2D eigenvalue weighted by Gasteiger charge is -2.58. The summed E-state index contributed by atoms with van der Waals surface area (Å²) in [6, 6.07) is 0. The first-order chi connectivity index (χ1) is 11.5. The molecule has 0 aromatic carbocycles. The first-order valence-electron chi connectivity index (χ1n) is 10.5. The topological polar surface area (TPSA) is 104 Å². The van der Waals surface area contributed by atoms with E-state index in [2.05, 4.69) is 0 Å². The van der Waals surface area contributed by atoms with E-state index in [4.69, 9.17) is 22.9 Å². The molecule has 24 heavy (non-hydrogen) atoms. The molecule has 3 saturated carbocycles. The van der Waals surface area contributed by atoms with Gasteiger partial charge < -0.3 is 22.9 Å². The molecule has 0 amide bonds. The third kappa shape index (κ3) is 3.15. The zero-order chi connectivity index (χ0) is 17.3. The molecule has 0 saturated heterocycles. The Morgan fingerprint density at radius 3 is 1.88 bits per heavy atom. The van der Waals surface area contributed by atoms with E-state index < -0.39 is 0 Å². The van der Waals surface area contributed by atoms with Crippen LogP contribution in [0.1, 0.15) is 83.5 Å². The van der Waals surface area contributed by atoms with Crippen LogP contribution in [0.4, 0.5) is 0 Å². The van der Waals surface area contributed by atoms with Gasteiger partial charge in [0.1, 0.15) is 0 Å². The highest BCUT2D eigenvalue weighted by molar-refractivity contribution is 5.10. The van der Waals surface area contributed by atoms with Gasteiger partial charge in [0.15, 0.2) is 0 Å². The highest BCUT2D eigenvalue weighted by Gasteiger charge is 2.54. The maximum absolute atomic E-state index is 7.00. The van der Waals surface area contributed by atoms with Gasteiger partial charge in [0.05, 0.1) is 0 Å². The summed E-state index contributed by atoms with van der Waals surface area (Å²) in [4.78, 5) is 0. The van der Waals surface area contributed by atoms with Crippen molar-refractivity contribution in [3.63, 3.8) is 0 Å². The van der Waals surface area contributed by atoms with Crippen LogP contribution in [0.15, 0.2) is 0 Å². The smallest absolute Gasteiger partial charge is 0.0223 e. The second kappa shape index (κ2) is 7.22. The summed E-state index contributed by atoms with van der Waals surface area (Å²) < 4.78 is 0. The Kier molecular flexibility index (Phi) is 5.60. The van der Waals surface area contributed by atoms with Crippen molar-refractivity contribution >= 4 is 0 Å². The largest absolute Gasteiger partial charge is 0.330 e. The maximum atomic E-state index is 7.00. The lowest BCUT2D eigenvalue weighted by molar-refractivity contribution is -0.0243. The number of nitrogens with two attached hydrogens (primary N) is 4. The summed E-state index contributed by atoms with van der Waals surface area (Å²) in [7, 11) is 0. The Morgan fingerprint density at radius 1 is 0.750 bits per heavy atom. The van der Waals surface area contributed by atoms with Crippen molar-refractivity contribution in [3.8, 4) is 0 Å². The zero-order valence-corrected chi connectivity index (χ0v) is 15.6. The van der Waals surface area contributed by atoms with E-state index in [1.807, 2.05) is 0 Å². The molecular formula is C20H40N4. The third-order valence-electron chi connectivity index (χ3n) is 8.17. The van der Waals surface area contributed by atoms with Crippen molar-refractivity contribution in [2.75, 3.05) is 13.1 Å². The lowest BCUT2D eigenvalue weighted by Crippen LogP contribution is -2.64. The Balaban J connectivity index is 1.79. The van der Waals surface area contributed by atoms with Crippen molar-refractivity contribution in [2.45, 2.75) is 94.5 Å². The van der Waals surface area contributed by atoms with E-state index in [-0.39, 0.29) is 16.5 Å². The fourth-order valence-electron chi connectivity index (χ4n) is 6.55. The zero-order valence-electron chi connectivity index (χ0n) is 15.6. The molecule has 3 fully saturated rings. The first-order valence-corrected chi connectivity index (χ1v) is 10.5. The molecule has 4 heteroatoms. The number of rotatable bonds is 4. The second-order valence-electron chi connectivity index (χ2n) is 9.34. The summed E-state index contributed by atoms with van der Waals surface area (Å²) in [5.41, 5.74) is 26.6. The highest BCUT2D eigenvalue weighted by atomic mass is 14.9. The van der Waals surface area contributed by atoms with Crippen molar-refractivity contribution in [1.29, 1.82) is 0 Å². The van der Waals surface area contributed by atoms with Crippen LogP contribution in [-0.2, 0) is 0 Å². The number of hydrogen-bond donors (Lipinski definition) is 4. The van der Waals surface area contributed by atoms with Crippen molar-refractivity contribution < 1.29 is 0 Å². The molecule has 4 nitrogen and oxygen atoms in total. The lowest BCUT2D eigenvalue weighted by atomic mass is 9.51. The molecule has 0 aromatic rings. The minimum Gasteiger partial charge on any atom is -0.330 e. The van der Waals surface area contributed by atoms with E-state index in [9.17, 15) is 0 Å². The van der Waals surface area contributed by atoms with Gasteiger partial charge in [-0.2, -0.15) is 0 Å². The second-order valence-corrected chi connectivity index (χ2v) is 9.34. The van der Waals surface area contributed by atoms with Gasteiger partial charge in [-0.25, -0.2) is 0 Å². The quantitative estimate of drug-likeness (QED) is 0.633. The molecule has 0 aliphatic heterocycles. The fraction of sp³-hybridized carbons (Fsp3) is 1.00. The molecule has 140 valence electrons. The Bertz CT molecular complexity index is 412. The van der Waals surface area contributed by atoms with Gasteiger partial charge in [-0.1, -0.05) is 38.5 Å². The molecule has 0 aromatic heterocycles. The minimum absolute atomic E-state index is 0.0113. The van der Waals surface area contributed by atoms with Crippen LogP contribution in [0.2, 0.25) is 0 Å². The summed E-state index contributed by atoms with van der Waals surface area (Å²) in [5.74, 6) is 1.06. The maximum Gasteiger partial charge on any atom is 0.0223 e. The van der Waals surface area contributed by atoms with Crippen LogP contribution < -0.4 is 22.9 Å². The van der Waals surface area contributed by atoms with E-state index in [1.165, 1.54) is 57.8 Å². The summed E-state index contributed by atoms with van der Waals surface area (Å²) >= 11 is 0. The average molecular weight is 337 g/mol. The van der Waals surface area contributed by atoms with Gasteiger partial charge in [0, 0.05) is 16.5 Å².